The third-order valence-corrected chi connectivity index (χ3v) is 7.28. The summed E-state index contributed by atoms with van der Waals surface area (Å²) in [4.78, 5) is 31.8. The number of aliphatic hydroxyl groups excluding tert-OH is 1. The molecule has 1 aliphatic heterocycles. The van der Waals surface area contributed by atoms with Crippen molar-refractivity contribution in [3.8, 4) is 22.9 Å². The van der Waals surface area contributed by atoms with Crippen LogP contribution in [-0.2, 0) is 20.1 Å². The molecule has 0 spiro atoms. The summed E-state index contributed by atoms with van der Waals surface area (Å²) in [6.45, 7) is -1.05. The minimum Gasteiger partial charge on any atom is -0.489 e. The third kappa shape index (κ3) is 4.41. The molecule has 1 atom stereocenters. The number of benzene rings is 3. The Morgan fingerprint density at radius 3 is 2.50 bits per heavy atom. The molecule has 0 saturated heterocycles. The molecule has 14 heteroatoms. The Morgan fingerprint density at radius 2 is 1.83 bits per heavy atom. The largest absolute Gasteiger partial charge is 0.489 e. The van der Waals surface area contributed by atoms with Crippen molar-refractivity contribution in [1.29, 1.82) is 5.26 Å². The fourth-order valence-electron chi connectivity index (χ4n) is 5.07. The summed E-state index contributed by atoms with van der Waals surface area (Å²) in [5, 5.41) is 24.6. The molecule has 2 aromatic heterocycles. The van der Waals surface area contributed by atoms with Gasteiger partial charge in [0, 0.05) is 23.2 Å². The van der Waals surface area contributed by atoms with E-state index in [-0.39, 0.29) is 62.9 Å². The lowest BCUT2D eigenvalue weighted by Crippen LogP contribution is -2.41. The lowest BCUT2D eigenvalue weighted by molar-refractivity contribution is 0.141. The molecule has 212 valence electrons. The first kappa shape index (κ1) is 27.3. The average Bonchev–Trinajstić information content (AvgIpc) is 3.56. The van der Waals surface area contributed by atoms with Crippen molar-refractivity contribution in [1.82, 2.24) is 23.9 Å². The van der Waals surface area contributed by atoms with Gasteiger partial charge in [-0.3, -0.25) is 18.6 Å². The second-order valence-electron chi connectivity index (χ2n) is 9.66. The number of ether oxygens (including phenoxy) is 1. The van der Waals surface area contributed by atoms with E-state index in [1.807, 2.05) is 6.07 Å². The predicted octanol–water partition coefficient (Wildman–Crippen LogP) is 3.42. The monoisotopic (exact) mass is 594 g/mol. The van der Waals surface area contributed by atoms with Gasteiger partial charge in [-0.2, -0.15) is 10.4 Å². The van der Waals surface area contributed by atoms with Crippen molar-refractivity contribution in [2.75, 3.05) is 6.61 Å². The zero-order chi connectivity index (χ0) is 29.9. The highest BCUT2D eigenvalue weighted by Gasteiger charge is 2.32. The van der Waals surface area contributed by atoms with Crippen LogP contribution in [-0.4, -0.2) is 35.6 Å². The Hall–Kier alpha value is -4.93. The maximum absolute atomic E-state index is 14.1. The summed E-state index contributed by atoms with van der Waals surface area (Å²) in [7, 11) is 1.60. The summed E-state index contributed by atoms with van der Waals surface area (Å²) in [5.41, 5.74) is -0.732. The number of hydrogen-bond acceptors (Lipinski definition) is 7. The van der Waals surface area contributed by atoms with E-state index in [2.05, 4.69) is 10.1 Å². The Morgan fingerprint density at radius 1 is 1.10 bits per heavy atom. The molecule has 0 fully saturated rings. The number of aromatic nitrogens is 5. The molecule has 1 N–H and O–H groups in total. The lowest BCUT2D eigenvalue weighted by atomic mass is 9.93. The Bertz CT molecular complexity index is 2080. The SMILES string of the molecule is Cn1cnc(Cn2c(=O)c3c4c(c(-c5cc(C#N)ccc5Cl)cc3n(Cc3cc(F)c(F)c(F)c3)c2=O)[C@H](O)CO4)n1. The molecule has 10 nitrogen and oxygen atoms in total. The van der Waals surface area contributed by atoms with Crippen molar-refractivity contribution in [2.24, 2.45) is 7.05 Å². The van der Waals surface area contributed by atoms with E-state index in [1.54, 1.807) is 7.05 Å². The fourth-order valence-corrected chi connectivity index (χ4v) is 5.29. The number of aryl methyl sites for hydroxylation is 1. The molecule has 0 saturated carbocycles. The summed E-state index contributed by atoms with van der Waals surface area (Å²) < 4.78 is 51.1. The van der Waals surface area contributed by atoms with E-state index in [4.69, 9.17) is 16.3 Å². The Balaban J connectivity index is 1.71. The number of fused-ring (bicyclic) bond motifs is 3. The van der Waals surface area contributed by atoms with Crippen LogP contribution < -0.4 is 16.0 Å². The van der Waals surface area contributed by atoms with Gasteiger partial charge in [-0.05, 0) is 47.5 Å². The molecule has 42 heavy (non-hydrogen) atoms. The molecule has 0 unspecified atom stereocenters. The standard InChI is InChI=1S/C28H18ClF3N6O4/c1-36-12-34-22(35-36)10-38-27(40)24-20(37(28(38)41)9-14-5-18(30)25(32)19(31)6-14)7-16(23-21(39)11-42-26(23)24)15-4-13(8-33)2-3-17(15)29/h2-7,12,21,39H,9-11H2,1H3/t21-/m1/s1. The molecule has 6 rings (SSSR count). The molecule has 1 aliphatic rings. The highest BCUT2D eigenvalue weighted by atomic mass is 35.5. The van der Waals surface area contributed by atoms with E-state index in [9.17, 15) is 33.1 Å². The molecule has 0 amide bonds. The van der Waals surface area contributed by atoms with Crippen molar-refractivity contribution >= 4 is 22.5 Å². The Kier molecular flexibility index (Phi) is 6.59. The van der Waals surface area contributed by atoms with Crippen molar-refractivity contribution in [2.45, 2.75) is 19.2 Å². The minimum absolute atomic E-state index is 0.0124. The van der Waals surface area contributed by atoms with Crippen LogP contribution in [0.25, 0.3) is 22.0 Å². The maximum Gasteiger partial charge on any atom is 0.332 e. The van der Waals surface area contributed by atoms with Crippen LogP contribution in [0.1, 0.15) is 28.6 Å². The average molecular weight is 595 g/mol. The zero-order valence-electron chi connectivity index (χ0n) is 21.6. The first-order valence-corrected chi connectivity index (χ1v) is 12.8. The lowest BCUT2D eigenvalue weighted by Gasteiger charge is -2.19. The molecule has 3 heterocycles. The van der Waals surface area contributed by atoms with Gasteiger partial charge >= 0.3 is 5.69 Å². The number of nitriles is 1. The first-order valence-electron chi connectivity index (χ1n) is 12.4. The van der Waals surface area contributed by atoms with Crippen LogP contribution in [0, 0.1) is 28.8 Å². The summed E-state index contributed by atoms with van der Waals surface area (Å²) >= 11 is 6.49. The van der Waals surface area contributed by atoms with E-state index in [0.717, 1.165) is 21.3 Å². The Labute approximate surface area is 239 Å². The molecule has 0 aliphatic carbocycles. The smallest absolute Gasteiger partial charge is 0.332 e. The first-order chi connectivity index (χ1) is 20.1. The van der Waals surface area contributed by atoms with Gasteiger partial charge in [-0.25, -0.2) is 22.9 Å². The quantitative estimate of drug-likeness (QED) is 0.309. The van der Waals surface area contributed by atoms with Gasteiger partial charge in [0.2, 0.25) is 0 Å². The van der Waals surface area contributed by atoms with Crippen LogP contribution in [0.4, 0.5) is 13.2 Å². The molecule has 0 bridgehead atoms. The second kappa shape index (κ2) is 10.2. The highest BCUT2D eigenvalue weighted by molar-refractivity contribution is 6.33. The normalized spacial score (nSPS) is 14.2. The van der Waals surface area contributed by atoms with Crippen LogP contribution in [0.3, 0.4) is 0 Å². The van der Waals surface area contributed by atoms with E-state index in [1.165, 1.54) is 35.3 Å². The number of hydrogen-bond donors (Lipinski definition) is 1. The number of nitrogens with zero attached hydrogens (tertiary/aromatic N) is 6. The minimum atomic E-state index is -1.67. The van der Waals surface area contributed by atoms with E-state index < -0.39 is 41.3 Å². The highest BCUT2D eigenvalue weighted by Crippen LogP contribution is 2.45. The predicted molar refractivity (Wildman–Crippen MR) is 144 cm³/mol. The molecule has 0 radical (unpaired) electrons. The molecule has 5 aromatic rings. The summed E-state index contributed by atoms with van der Waals surface area (Å²) in [6.07, 6.45) is 0.194. The topological polar surface area (TPSA) is 128 Å². The van der Waals surface area contributed by atoms with E-state index >= 15 is 0 Å². The summed E-state index contributed by atoms with van der Waals surface area (Å²) in [6, 6.07) is 9.40. The van der Waals surface area contributed by atoms with Crippen LogP contribution >= 0.6 is 11.6 Å². The maximum atomic E-state index is 14.1. The van der Waals surface area contributed by atoms with Crippen LogP contribution in [0.15, 0.2) is 52.3 Å². The fraction of sp³-hybridized carbons (Fsp3) is 0.179. The van der Waals surface area contributed by atoms with Gasteiger partial charge in [-0.1, -0.05) is 11.6 Å². The zero-order valence-corrected chi connectivity index (χ0v) is 22.4. The van der Waals surface area contributed by atoms with Gasteiger partial charge in [-0.15, -0.1) is 0 Å². The van der Waals surface area contributed by atoms with Crippen LogP contribution in [0.2, 0.25) is 5.02 Å². The molecule has 3 aromatic carbocycles. The van der Waals surface area contributed by atoms with E-state index in [0.29, 0.717) is 5.56 Å². The third-order valence-electron chi connectivity index (χ3n) is 6.95. The number of rotatable bonds is 5. The van der Waals surface area contributed by atoms with Crippen LogP contribution in [0.5, 0.6) is 5.75 Å². The number of halogens is 4. The summed E-state index contributed by atoms with van der Waals surface area (Å²) in [5.74, 6) is -4.47. The van der Waals surface area contributed by atoms with Gasteiger partial charge in [0.15, 0.2) is 23.3 Å². The van der Waals surface area contributed by atoms with Gasteiger partial charge in [0.25, 0.3) is 5.56 Å². The second-order valence-corrected chi connectivity index (χ2v) is 10.1. The van der Waals surface area contributed by atoms with Gasteiger partial charge in [0.1, 0.15) is 30.2 Å². The number of aliphatic hydroxyl groups is 1. The van der Waals surface area contributed by atoms with Crippen molar-refractivity contribution in [3.63, 3.8) is 0 Å². The van der Waals surface area contributed by atoms with Crippen molar-refractivity contribution in [3.05, 3.63) is 109 Å². The molecular formula is C28H18ClF3N6O4. The van der Waals surface area contributed by atoms with Gasteiger partial charge in [0.05, 0.1) is 30.2 Å². The van der Waals surface area contributed by atoms with Gasteiger partial charge < -0.3 is 9.84 Å². The van der Waals surface area contributed by atoms with Crippen molar-refractivity contribution < 1.29 is 23.0 Å². The molecular weight excluding hydrogens is 577 g/mol.